The van der Waals surface area contributed by atoms with Gasteiger partial charge in [0.2, 0.25) is 0 Å². The lowest BCUT2D eigenvalue weighted by molar-refractivity contribution is 0.794. The molecule has 2 heteroatoms. The van der Waals surface area contributed by atoms with Gasteiger partial charge >= 0.3 is 0 Å². The van der Waals surface area contributed by atoms with Gasteiger partial charge < -0.3 is 9.80 Å². The van der Waals surface area contributed by atoms with Crippen LogP contribution < -0.4 is 9.80 Å². The Hall–Kier alpha value is -7.16. The predicted molar refractivity (Wildman–Crippen MR) is 230 cm³/mol. The SMILES string of the molecule is c1ccc(N(c2ccccc2)c2ccc3c(c2)C2(c4ccccc4-3)c3ccccc3-c3c2cc(N(c2ccccc2)c2ccccc2)c2ccccc32)cc1. The van der Waals surface area contributed by atoms with Crippen LogP contribution in [0.3, 0.4) is 0 Å². The summed E-state index contributed by atoms with van der Waals surface area (Å²) in [5.74, 6) is 0. The van der Waals surface area contributed by atoms with Crippen LogP contribution in [0.1, 0.15) is 22.3 Å². The van der Waals surface area contributed by atoms with Crippen LogP contribution in [0, 0.1) is 0 Å². The molecule has 1 atom stereocenters. The van der Waals surface area contributed by atoms with Crippen LogP contribution in [0.4, 0.5) is 34.1 Å². The molecule has 0 N–H and O–H groups in total. The van der Waals surface area contributed by atoms with Crippen LogP contribution in [0.5, 0.6) is 0 Å². The van der Waals surface area contributed by atoms with Crippen LogP contribution in [0.15, 0.2) is 218 Å². The highest BCUT2D eigenvalue weighted by atomic mass is 15.1. The Morgan fingerprint density at radius 2 is 0.709 bits per heavy atom. The Morgan fingerprint density at radius 1 is 0.273 bits per heavy atom. The van der Waals surface area contributed by atoms with E-state index in [2.05, 4.69) is 228 Å². The fourth-order valence-electron chi connectivity index (χ4n) is 9.47. The first-order valence-electron chi connectivity index (χ1n) is 19.0. The van der Waals surface area contributed by atoms with Gasteiger partial charge in [-0.1, -0.05) is 152 Å². The number of fused-ring (bicyclic) bond motifs is 12. The number of benzene rings is 9. The third-order valence-corrected chi connectivity index (χ3v) is 11.6. The second-order valence-corrected chi connectivity index (χ2v) is 14.4. The molecule has 1 unspecified atom stereocenters. The van der Waals surface area contributed by atoms with Crippen molar-refractivity contribution in [3.8, 4) is 22.3 Å². The molecule has 0 heterocycles. The fourth-order valence-corrected chi connectivity index (χ4v) is 9.47. The van der Waals surface area contributed by atoms with Gasteiger partial charge in [0.1, 0.15) is 0 Å². The topological polar surface area (TPSA) is 6.48 Å². The van der Waals surface area contributed by atoms with Crippen molar-refractivity contribution in [1.29, 1.82) is 0 Å². The highest BCUT2D eigenvalue weighted by molar-refractivity contribution is 6.12. The number of rotatable bonds is 6. The molecule has 0 aliphatic heterocycles. The molecule has 1 spiro atoms. The first-order valence-corrected chi connectivity index (χ1v) is 19.0. The van der Waals surface area contributed by atoms with Gasteiger partial charge in [-0.05, 0) is 117 Å². The van der Waals surface area contributed by atoms with E-state index in [1.54, 1.807) is 0 Å². The summed E-state index contributed by atoms with van der Waals surface area (Å²) in [7, 11) is 0. The van der Waals surface area contributed by atoms with Crippen molar-refractivity contribution in [3.63, 3.8) is 0 Å². The van der Waals surface area contributed by atoms with Crippen molar-refractivity contribution in [1.82, 2.24) is 0 Å². The molecule has 0 radical (unpaired) electrons. The summed E-state index contributed by atoms with van der Waals surface area (Å²) in [5.41, 5.74) is 16.7. The fraction of sp³-hybridized carbons (Fsp3) is 0.0189. The van der Waals surface area contributed by atoms with Gasteiger partial charge in [-0.15, -0.1) is 0 Å². The van der Waals surface area contributed by atoms with Gasteiger partial charge in [0.25, 0.3) is 0 Å². The predicted octanol–water partition coefficient (Wildman–Crippen LogP) is 14.1. The van der Waals surface area contributed by atoms with Crippen LogP contribution in [-0.4, -0.2) is 0 Å². The van der Waals surface area contributed by atoms with Gasteiger partial charge in [-0.2, -0.15) is 0 Å². The minimum absolute atomic E-state index is 0.551. The summed E-state index contributed by atoms with van der Waals surface area (Å²) in [4.78, 5) is 4.82. The van der Waals surface area contributed by atoms with Gasteiger partial charge in [-0.3, -0.25) is 0 Å². The average Bonchev–Trinajstić information content (AvgIpc) is 3.72. The summed E-state index contributed by atoms with van der Waals surface area (Å²) >= 11 is 0. The standard InChI is InChI=1S/C53H36N2/c1-5-19-37(20-6-1)54(38-21-7-2-8-22-38)41-33-34-43-42-27-15-17-31-47(42)53(49(43)35-41)48-32-18-16-30-46(48)52-45-29-14-13-28-44(45)51(36-50(52)53)55(39-23-9-3-10-24-39)40-25-11-4-12-26-40/h1-36H. The zero-order chi connectivity index (χ0) is 36.3. The monoisotopic (exact) mass is 700 g/mol. The second kappa shape index (κ2) is 12.5. The van der Waals surface area contributed by atoms with E-state index in [9.17, 15) is 0 Å². The molecule has 2 aliphatic carbocycles. The van der Waals surface area contributed by atoms with E-state index in [0.29, 0.717) is 0 Å². The molecule has 11 rings (SSSR count). The Morgan fingerprint density at radius 3 is 1.29 bits per heavy atom. The van der Waals surface area contributed by atoms with E-state index in [-0.39, 0.29) is 0 Å². The van der Waals surface area contributed by atoms with Gasteiger partial charge in [0, 0.05) is 33.8 Å². The second-order valence-electron chi connectivity index (χ2n) is 14.4. The van der Waals surface area contributed by atoms with Crippen molar-refractivity contribution in [2.75, 3.05) is 9.80 Å². The lowest BCUT2D eigenvalue weighted by atomic mass is 9.70. The Bertz CT molecular complexity index is 2790. The minimum atomic E-state index is -0.551. The third-order valence-electron chi connectivity index (χ3n) is 11.6. The molecule has 258 valence electrons. The van der Waals surface area contributed by atoms with Crippen LogP contribution >= 0.6 is 0 Å². The minimum Gasteiger partial charge on any atom is -0.310 e. The molecule has 0 bridgehead atoms. The summed E-state index contributed by atoms with van der Waals surface area (Å²) in [6.45, 7) is 0. The van der Waals surface area contributed by atoms with E-state index in [4.69, 9.17) is 0 Å². The van der Waals surface area contributed by atoms with Crippen LogP contribution in [0.25, 0.3) is 33.0 Å². The zero-order valence-corrected chi connectivity index (χ0v) is 30.2. The maximum Gasteiger partial charge on any atom is 0.0727 e. The van der Waals surface area contributed by atoms with Crippen LogP contribution in [-0.2, 0) is 5.41 Å². The van der Waals surface area contributed by atoms with Crippen molar-refractivity contribution in [2.45, 2.75) is 5.41 Å². The van der Waals surface area contributed by atoms with Crippen molar-refractivity contribution >= 4 is 44.9 Å². The Balaban J connectivity index is 1.26. The lowest BCUT2D eigenvalue weighted by Gasteiger charge is -2.34. The molecule has 0 fully saturated rings. The number of hydrogen-bond acceptors (Lipinski definition) is 2. The first kappa shape index (κ1) is 31.4. The molecule has 2 aliphatic rings. The molecule has 2 nitrogen and oxygen atoms in total. The zero-order valence-electron chi connectivity index (χ0n) is 30.2. The first-order chi connectivity index (χ1) is 27.3. The highest BCUT2D eigenvalue weighted by Gasteiger charge is 2.52. The maximum atomic E-state index is 2.52. The van der Waals surface area contributed by atoms with E-state index in [1.165, 1.54) is 55.3 Å². The van der Waals surface area contributed by atoms with E-state index < -0.39 is 5.41 Å². The molecule has 0 saturated heterocycles. The normalized spacial score (nSPS) is 14.6. The highest BCUT2D eigenvalue weighted by Crippen LogP contribution is 2.65. The van der Waals surface area contributed by atoms with Gasteiger partial charge in [0.05, 0.1) is 11.1 Å². The lowest BCUT2D eigenvalue weighted by Crippen LogP contribution is -2.26. The molecular formula is C53H36N2. The number of nitrogens with zero attached hydrogens (tertiary/aromatic N) is 2. The summed E-state index contributed by atoms with van der Waals surface area (Å²) in [6, 6.07) is 79.9. The van der Waals surface area contributed by atoms with Crippen LogP contribution in [0.2, 0.25) is 0 Å². The number of anilines is 6. The van der Waals surface area contributed by atoms with E-state index in [0.717, 1.165) is 34.1 Å². The van der Waals surface area contributed by atoms with E-state index >= 15 is 0 Å². The molecule has 9 aromatic carbocycles. The van der Waals surface area contributed by atoms with Gasteiger partial charge in [0.15, 0.2) is 0 Å². The third kappa shape index (κ3) is 4.62. The van der Waals surface area contributed by atoms with E-state index in [1.807, 2.05) is 0 Å². The molecule has 0 amide bonds. The largest absolute Gasteiger partial charge is 0.310 e. The summed E-state index contributed by atoms with van der Waals surface area (Å²) in [5, 5.41) is 2.48. The van der Waals surface area contributed by atoms with Crippen molar-refractivity contribution < 1.29 is 0 Å². The average molecular weight is 701 g/mol. The molecule has 0 saturated carbocycles. The Kier molecular flexibility index (Phi) is 7.11. The molecule has 0 aromatic heterocycles. The van der Waals surface area contributed by atoms with Crippen molar-refractivity contribution in [3.05, 3.63) is 241 Å². The molecular weight excluding hydrogens is 665 g/mol. The number of para-hydroxylation sites is 4. The summed E-state index contributed by atoms with van der Waals surface area (Å²) in [6.07, 6.45) is 0. The maximum absolute atomic E-state index is 2.52. The molecule has 9 aromatic rings. The summed E-state index contributed by atoms with van der Waals surface area (Å²) < 4.78 is 0. The quantitative estimate of drug-likeness (QED) is 0.170. The van der Waals surface area contributed by atoms with Crippen molar-refractivity contribution in [2.24, 2.45) is 0 Å². The molecule has 55 heavy (non-hydrogen) atoms. The Labute approximate surface area is 321 Å². The van der Waals surface area contributed by atoms with Gasteiger partial charge in [-0.25, -0.2) is 0 Å². The smallest absolute Gasteiger partial charge is 0.0727 e. The number of hydrogen-bond donors (Lipinski definition) is 0.